The van der Waals surface area contributed by atoms with E-state index in [1.165, 1.54) is 6.08 Å². The molecule has 4 fully saturated rings. The molecule has 5 aliphatic heterocycles. The number of aliphatic hydroxyl groups excluding tert-OH is 1. The number of carbonyl (C=O) groups is 3. The normalized spacial score (nSPS) is 44.8. The summed E-state index contributed by atoms with van der Waals surface area (Å²) in [4.78, 5) is 40.0. The number of carboxylic acids is 1. The second-order valence-electron chi connectivity index (χ2n) is 17.8. The number of hydrogen-bond acceptors (Lipinski definition) is 10. The Morgan fingerprint density at radius 1 is 0.906 bits per heavy atom. The van der Waals surface area contributed by atoms with E-state index in [0.717, 1.165) is 6.42 Å². The molecule has 53 heavy (non-hydrogen) atoms. The van der Waals surface area contributed by atoms with Gasteiger partial charge in [0.25, 0.3) is 0 Å². The minimum absolute atomic E-state index is 0.00877. The van der Waals surface area contributed by atoms with Gasteiger partial charge in [0, 0.05) is 30.1 Å². The molecule has 4 saturated heterocycles. The number of rotatable bonds is 12. The highest BCUT2D eigenvalue weighted by molar-refractivity contribution is 5.97. The Morgan fingerprint density at radius 2 is 1.58 bits per heavy atom. The van der Waals surface area contributed by atoms with E-state index < -0.39 is 70.7 Å². The van der Waals surface area contributed by atoms with Crippen LogP contribution in [0.15, 0.2) is 12.2 Å². The van der Waals surface area contributed by atoms with Gasteiger partial charge in [0.15, 0.2) is 5.79 Å². The first-order valence-electron chi connectivity index (χ1n) is 20.6. The van der Waals surface area contributed by atoms with Gasteiger partial charge in [-0.1, -0.05) is 55.4 Å². The van der Waals surface area contributed by atoms with Crippen molar-refractivity contribution in [3.05, 3.63) is 12.2 Å². The van der Waals surface area contributed by atoms with Crippen molar-refractivity contribution >= 4 is 17.5 Å². The SMILES string of the molecule is CC[C@H](C(=O)O)[C@H]1CC[C@H](C)[C@H]([C@@H](C)[C@H](O)[C@H](C)C(=O)[C@H](CC)[C@H]2O[C@@]3(C=CC(=O)[C@@]4(CC[C@@](C)([C@H]5CC[C@](O)(CC)[C@H](C)O5)O4)O3)[C@H](C)C[C@@H]2C)O1. The lowest BCUT2D eigenvalue weighted by atomic mass is 9.72. The van der Waals surface area contributed by atoms with Gasteiger partial charge in [-0.3, -0.25) is 14.4 Å². The molecule has 5 heterocycles. The Kier molecular flexibility index (Phi) is 12.8. The topological polar surface area (TPSA) is 158 Å². The molecule has 11 heteroatoms. The fourth-order valence-corrected chi connectivity index (χ4v) is 10.4. The third-order valence-corrected chi connectivity index (χ3v) is 14.3. The number of carboxylic acid groups (broad SMARTS) is 1. The van der Waals surface area contributed by atoms with E-state index in [4.69, 9.17) is 23.7 Å². The maximum absolute atomic E-state index is 14.4. The van der Waals surface area contributed by atoms with Gasteiger partial charge in [-0.25, -0.2) is 0 Å². The largest absolute Gasteiger partial charge is 0.481 e. The van der Waals surface area contributed by atoms with E-state index in [2.05, 4.69) is 13.8 Å². The van der Waals surface area contributed by atoms with Crippen LogP contribution in [0.3, 0.4) is 0 Å². The second kappa shape index (κ2) is 16.0. The summed E-state index contributed by atoms with van der Waals surface area (Å²) in [6.07, 6.45) is 5.84. The summed E-state index contributed by atoms with van der Waals surface area (Å²) < 4.78 is 33.2. The van der Waals surface area contributed by atoms with Crippen LogP contribution in [0, 0.1) is 41.4 Å². The van der Waals surface area contributed by atoms with Crippen molar-refractivity contribution < 1.29 is 53.4 Å². The molecule has 0 aromatic carbocycles. The third kappa shape index (κ3) is 7.83. The van der Waals surface area contributed by atoms with Gasteiger partial charge in [0.2, 0.25) is 11.6 Å². The molecule has 0 aliphatic carbocycles. The molecule has 3 N–H and O–H groups in total. The third-order valence-electron chi connectivity index (χ3n) is 14.3. The van der Waals surface area contributed by atoms with Crippen LogP contribution in [-0.4, -0.2) is 92.3 Å². The predicted molar refractivity (Wildman–Crippen MR) is 198 cm³/mol. The quantitative estimate of drug-likeness (QED) is 0.203. The molecule has 5 aliphatic rings. The van der Waals surface area contributed by atoms with Crippen LogP contribution < -0.4 is 0 Å². The fourth-order valence-electron chi connectivity index (χ4n) is 10.4. The summed E-state index contributed by atoms with van der Waals surface area (Å²) in [6.45, 7) is 19.4. The Morgan fingerprint density at radius 3 is 2.19 bits per heavy atom. The summed E-state index contributed by atoms with van der Waals surface area (Å²) in [5.74, 6) is -6.46. The zero-order chi connectivity index (χ0) is 39.3. The average molecular weight is 749 g/mol. The smallest absolute Gasteiger partial charge is 0.309 e. The molecule has 0 amide bonds. The minimum Gasteiger partial charge on any atom is -0.481 e. The number of hydrogen-bond donors (Lipinski definition) is 3. The first-order valence-corrected chi connectivity index (χ1v) is 20.6. The van der Waals surface area contributed by atoms with Gasteiger partial charge >= 0.3 is 5.97 Å². The van der Waals surface area contributed by atoms with Gasteiger partial charge in [-0.05, 0) is 95.6 Å². The lowest BCUT2D eigenvalue weighted by Gasteiger charge is -2.53. The number of ketones is 2. The molecule has 0 aromatic rings. The van der Waals surface area contributed by atoms with Crippen LogP contribution in [0.2, 0.25) is 0 Å². The van der Waals surface area contributed by atoms with Gasteiger partial charge in [-0.2, -0.15) is 0 Å². The number of aliphatic carboxylic acids is 1. The van der Waals surface area contributed by atoms with Crippen molar-refractivity contribution in [2.75, 3.05) is 0 Å². The van der Waals surface area contributed by atoms with Crippen LogP contribution in [-0.2, 0) is 38.1 Å². The van der Waals surface area contributed by atoms with E-state index in [9.17, 15) is 29.7 Å². The molecule has 17 atom stereocenters. The first-order chi connectivity index (χ1) is 24.8. The molecule has 5 rings (SSSR count). The van der Waals surface area contributed by atoms with E-state index in [0.29, 0.717) is 57.8 Å². The molecular weight excluding hydrogens is 680 g/mol. The van der Waals surface area contributed by atoms with E-state index in [1.807, 2.05) is 48.5 Å². The van der Waals surface area contributed by atoms with E-state index in [-0.39, 0.29) is 47.6 Å². The summed E-state index contributed by atoms with van der Waals surface area (Å²) in [5.41, 5.74) is -1.71. The first kappa shape index (κ1) is 42.4. The average Bonchev–Trinajstić information content (AvgIpc) is 3.47. The van der Waals surface area contributed by atoms with Crippen LogP contribution in [0.5, 0.6) is 0 Å². The summed E-state index contributed by atoms with van der Waals surface area (Å²) in [5, 5.41) is 32.5. The fraction of sp³-hybridized carbons (Fsp3) is 0.881. The summed E-state index contributed by atoms with van der Waals surface area (Å²) in [7, 11) is 0. The maximum atomic E-state index is 14.4. The molecule has 11 nitrogen and oxygen atoms in total. The van der Waals surface area contributed by atoms with Gasteiger partial charge in [-0.15, -0.1) is 0 Å². The lowest BCUT2D eigenvalue weighted by molar-refractivity contribution is -0.378. The van der Waals surface area contributed by atoms with E-state index in [1.54, 1.807) is 13.0 Å². The van der Waals surface area contributed by atoms with Crippen LogP contribution in [0.25, 0.3) is 0 Å². The van der Waals surface area contributed by atoms with Crippen molar-refractivity contribution in [2.45, 2.75) is 193 Å². The predicted octanol–water partition coefficient (Wildman–Crippen LogP) is 6.40. The Bertz CT molecular complexity index is 1370. The second-order valence-corrected chi connectivity index (χ2v) is 17.8. The Hall–Kier alpha value is -1.73. The number of carbonyl (C=O) groups excluding carboxylic acids is 2. The zero-order valence-electron chi connectivity index (χ0n) is 33.8. The molecule has 302 valence electrons. The lowest BCUT2D eigenvalue weighted by Crippen LogP contribution is -2.62. The van der Waals surface area contributed by atoms with Crippen molar-refractivity contribution in [3.8, 4) is 0 Å². The highest BCUT2D eigenvalue weighted by Crippen LogP contribution is 2.53. The highest BCUT2D eigenvalue weighted by Gasteiger charge is 2.63. The summed E-state index contributed by atoms with van der Waals surface area (Å²) >= 11 is 0. The molecule has 0 radical (unpaired) electrons. The van der Waals surface area contributed by atoms with Crippen molar-refractivity contribution in [1.82, 2.24) is 0 Å². The molecule has 0 unspecified atom stereocenters. The van der Waals surface area contributed by atoms with Crippen LogP contribution in [0.1, 0.15) is 133 Å². The number of aliphatic hydroxyl groups is 2. The Balaban J connectivity index is 1.31. The minimum atomic E-state index is -1.56. The standard InChI is InChI=1S/C42H68O11/c1-11-29(38(46)47)31-15-14-23(4)36(50-31)27(8)34(44)26(7)35(45)30(12-2)37-24(5)22-25(6)41(51-37)19-16-32(43)42(53-41)21-20-39(10,52-42)33-17-18-40(48,13-3)28(9)49-33/h16,19,23-31,33-34,36-37,44,48H,11-15,17-18,20-22H2,1-10H3,(H,46,47)/t23-,24-,25+,26-,27-,28-,29-,30-,31+,33+,34+,36+,37-,39-,40+,41+,42+/m0/s1. The molecule has 0 bridgehead atoms. The van der Waals surface area contributed by atoms with Gasteiger partial charge in [0.05, 0.1) is 53.7 Å². The van der Waals surface area contributed by atoms with E-state index >= 15 is 0 Å². The zero-order valence-corrected chi connectivity index (χ0v) is 33.8. The van der Waals surface area contributed by atoms with Gasteiger partial charge < -0.3 is 39.0 Å². The molecule has 0 aromatic heterocycles. The number of ether oxygens (including phenoxy) is 5. The van der Waals surface area contributed by atoms with Crippen molar-refractivity contribution in [3.63, 3.8) is 0 Å². The Labute approximate surface area is 316 Å². The maximum Gasteiger partial charge on any atom is 0.309 e. The van der Waals surface area contributed by atoms with Crippen molar-refractivity contribution in [2.24, 2.45) is 41.4 Å². The molecule has 2 spiro atoms. The van der Waals surface area contributed by atoms with Gasteiger partial charge in [0.1, 0.15) is 5.78 Å². The molecule has 0 saturated carbocycles. The summed E-state index contributed by atoms with van der Waals surface area (Å²) in [6, 6.07) is 0. The van der Waals surface area contributed by atoms with Crippen LogP contribution >= 0.6 is 0 Å². The van der Waals surface area contributed by atoms with Crippen LogP contribution in [0.4, 0.5) is 0 Å². The monoisotopic (exact) mass is 748 g/mol. The highest BCUT2D eigenvalue weighted by atomic mass is 16.8. The molecular formula is C42H68O11. The van der Waals surface area contributed by atoms with Crippen molar-refractivity contribution in [1.29, 1.82) is 0 Å². The number of Topliss-reactive ketones (excluding diaryl/α,β-unsaturated/α-hetero) is 1.